The summed E-state index contributed by atoms with van der Waals surface area (Å²) in [6.07, 6.45) is -0.714. The Balaban J connectivity index is 1.44. The van der Waals surface area contributed by atoms with E-state index < -0.39 is 46.7 Å². The van der Waals surface area contributed by atoms with E-state index in [1.165, 1.54) is 28.1 Å². The molecule has 1 spiro atoms. The van der Waals surface area contributed by atoms with Crippen LogP contribution in [0.15, 0.2) is 18.2 Å². The highest BCUT2D eigenvalue weighted by atomic mass is 16.6. The number of carbonyl (C=O) groups is 3. The molecule has 1 heterocycles. The highest BCUT2D eigenvalue weighted by Crippen LogP contribution is 2.80. The third-order valence-corrected chi connectivity index (χ3v) is 13.9. The number of ether oxygens (including phenoxy) is 9. The van der Waals surface area contributed by atoms with Gasteiger partial charge >= 0.3 is 17.9 Å². The minimum atomic E-state index is -1.10. The highest BCUT2D eigenvalue weighted by molar-refractivity contribution is 5.90. The zero-order valence-electron chi connectivity index (χ0n) is 31.2. The van der Waals surface area contributed by atoms with Crippen LogP contribution >= 0.6 is 0 Å². The second-order valence-corrected chi connectivity index (χ2v) is 15.4. The molecule has 1 aromatic carbocycles. The van der Waals surface area contributed by atoms with Crippen LogP contribution in [0.5, 0.6) is 11.5 Å². The van der Waals surface area contributed by atoms with Crippen molar-refractivity contribution in [1.82, 2.24) is 4.90 Å². The number of hydrogen-bond acceptors (Lipinski definition) is 13. The maximum atomic E-state index is 14.2. The van der Waals surface area contributed by atoms with Crippen LogP contribution in [0.1, 0.15) is 50.4 Å². The largest absolute Gasteiger partial charge is 0.493 e. The SMILES string of the molecule is CCN1C[C@@]2(COC)[C@H]3[C@@H](OC)[C@H]4C1[C@]3([C@@H](OC)C[C@H]2OC(C)=O)[C@@H]1C[C@H]2[C@H](OC(=O)c3ccc(OC)c(OC)c3)[C@@H]1[C@]4(OC(C)=O)C[C@@H]2OC. The molecule has 1 aromatic rings. The summed E-state index contributed by atoms with van der Waals surface area (Å²) >= 11 is 0. The van der Waals surface area contributed by atoms with Crippen LogP contribution in [-0.4, -0.2) is 127 Å². The number of esters is 3. The van der Waals surface area contributed by atoms with Gasteiger partial charge in [-0.05, 0) is 37.1 Å². The molecule has 6 aliphatic rings. The first-order valence-electron chi connectivity index (χ1n) is 18.1. The molecule has 6 fully saturated rings. The summed E-state index contributed by atoms with van der Waals surface area (Å²) in [6.45, 7) is 6.68. The molecule has 13 nitrogen and oxygen atoms in total. The molecule has 1 unspecified atom stereocenters. The van der Waals surface area contributed by atoms with Crippen LogP contribution in [0.3, 0.4) is 0 Å². The zero-order chi connectivity index (χ0) is 36.6. The van der Waals surface area contributed by atoms with Crippen molar-refractivity contribution < 1.29 is 57.0 Å². The fourth-order valence-corrected chi connectivity index (χ4v) is 13.0. The third-order valence-electron chi connectivity index (χ3n) is 13.9. The van der Waals surface area contributed by atoms with E-state index in [1.807, 2.05) is 0 Å². The van der Waals surface area contributed by atoms with Gasteiger partial charge in [-0.2, -0.15) is 0 Å². The molecule has 1 saturated heterocycles. The van der Waals surface area contributed by atoms with Gasteiger partial charge in [-0.1, -0.05) is 6.92 Å². The van der Waals surface area contributed by atoms with Crippen molar-refractivity contribution in [2.75, 3.05) is 62.4 Å². The number of likely N-dealkylation sites (tertiary alicyclic amines) is 1. The second kappa shape index (κ2) is 13.2. The minimum Gasteiger partial charge on any atom is -0.493 e. The van der Waals surface area contributed by atoms with Crippen molar-refractivity contribution in [3.8, 4) is 11.5 Å². The molecule has 0 aromatic heterocycles. The fraction of sp³-hybridized carbons (Fsp3) is 0.763. The van der Waals surface area contributed by atoms with Crippen LogP contribution in [0, 0.1) is 40.4 Å². The molecule has 282 valence electrons. The third kappa shape index (κ3) is 4.79. The normalized spacial score (nSPS) is 43.0. The van der Waals surface area contributed by atoms with Gasteiger partial charge in [0, 0.05) is 102 Å². The molecule has 51 heavy (non-hydrogen) atoms. The maximum absolute atomic E-state index is 14.2. The number of piperidine rings is 1. The van der Waals surface area contributed by atoms with E-state index in [9.17, 15) is 14.4 Å². The Morgan fingerprint density at radius 1 is 0.843 bits per heavy atom. The molecule has 7 rings (SSSR count). The smallest absolute Gasteiger partial charge is 0.338 e. The number of fused-ring (bicyclic) bond motifs is 2. The predicted octanol–water partition coefficient (Wildman–Crippen LogP) is 3.15. The Labute approximate surface area is 299 Å². The van der Waals surface area contributed by atoms with Crippen LogP contribution in [0.4, 0.5) is 0 Å². The van der Waals surface area contributed by atoms with Gasteiger partial charge in [0.2, 0.25) is 0 Å². The van der Waals surface area contributed by atoms with Crippen molar-refractivity contribution in [1.29, 1.82) is 0 Å². The quantitative estimate of drug-likeness (QED) is 0.232. The Morgan fingerprint density at radius 2 is 1.59 bits per heavy atom. The molecule has 5 saturated carbocycles. The summed E-state index contributed by atoms with van der Waals surface area (Å²) < 4.78 is 56.1. The van der Waals surface area contributed by atoms with E-state index in [-0.39, 0.29) is 53.8 Å². The molecular formula is C38H53NO12. The molecular weight excluding hydrogens is 662 g/mol. The Morgan fingerprint density at radius 3 is 2.18 bits per heavy atom. The van der Waals surface area contributed by atoms with E-state index in [4.69, 9.17) is 42.6 Å². The molecule has 7 bridgehead atoms. The Kier molecular flexibility index (Phi) is 9.39. The number of rotatable bonds is 12. The molecule has 13 heteroatoms. The molecule has 5 aliphatic carbocycles. The van der Waals surface area contributed by atoms with Gasteiger partial charge < -0.3 is 42.6 Å². The predicted molar refractivity (Wildman–Crippen MR) is 180 cm³/mol. The number of carbonyl (C=O) groups excluding carboxylic acids is 3. The van der Waals surface area contributed by atoms with Gasteiger partial charge in [0.15, 0.2) is 11.5 Å². The maximum Gasteiger partial charge on any atom is 0.338 e. The topological polar surface area (TPSA) is 138 Å². The van der Waals surface area contributed by atoms with Crippen molar-refractivity contribution in [2.45, 2.75) is 82.2 Å². The Hall–Kier alpha value is -2.97. The van der Waals surface area contributed by atoms with E-state index in [0.29, 0.717) is 56.0 Å². The second-order valence-electron chi connectivity index (χ2n) is 15.4. The van der Waals surface area contributed by atoms with Gasteiger partial charge in [0.1, 0.15) is 17.8 Å². The summed E-state index contributed by atoms with van der Waals surface area (Å²) in [5, 5.41) is 0. The van der Waals surface area contributed by atoms with Crippen molar-refractivity contribution in [3.05, 3.63) is 23.8 Å². The van der Waals surface area contributed by atoms with E-state index in [0.717, 1.165) is 0 Å². The number of hydrogen-bond donors (Lipinski definition) is 0. The Bertz CT molecular complexity index is 1540. The summed E-state index contributed by atoms with van der Waals surface area (Å²) in [5.74, 6) is -1.60. The highest BCUT2D eigenvalue weighted by Gasteiger charge is 2.89. The van der Waals surface area contributed by atoms with Crippen molar-refractivity contribution in [2.24, 2.45) is 40.4 Å². The summed E-state index contributed by atoms with van der Waals surface area (Å²) in [5.41, 5.74) is -1.99. The van der Waals surface area contributed by atoms with Crippen LogP contribution in [0.2, 0.25) is 0 Å². The first-order chi connectivity index (χ1) is 24.5. The number of nitrogens with zero attached hydrogens (tertiary/aromatic N) is 1. The lowest BCUT2D eigenvalue weighted by Crippen LogP contribution is -2.79. The van der Waals surface area contributed by atoms with Crippen LogP contribution in [-0.2, 0) is 42.7 Å². The lowest BCUT2D eigenvalue weighted by Gasteiger charge is -2.70. The van der Waals surface area contributed by atoms with E-state index in [1.54, 1.807) is 46.6 Å². The molecule has 0 amide bonds. The van der Waals surface area contributed by atoms with Gasteiger partial charge in [-0.15, -0.1) is 0 Å². The van der Waals surface area contributed by atoms with E-state index in [2.05, 4.69) is 11.8 Å². The van der Waals surface area contributed by atoms with Gasteiger partial charge in [-0.25, -0.2) is 4.79 Å². The summed E-state index contributed by atoms with van der Waals surface area (Å²) in [6, 6.07) is 4.85. The van der Waals surface area contributed by atoms with Crippen LogP contribution in [0.25, 0.3) is 0 Å². The van der Waals surface area contributed by atoms with Gasteiger partial charge in [0.05, 0.1) is 44.7 Å². The standard InChI is InChI=1S/C38H53NO12/c1-10-39-17-36(18-43-4)27(49-19(2)40)15-28(47-8)38-23-14-22-26(46-7)16-37(51-20(3)41,30(34(38)39)32(48-9)33(36)38)29(23)31(22)50-35(42)21-11-12-24(44-5)25(13-21)45-6/h11-13,22-23,26-34H,10,14-18H2,1-9H3/t22-,23-,26+,27-,28+,29-,30+,31+,32+,33-,34?,36+,37-,38+/m1/s1. The summed E-state index contributed by atoms with van der Waals surface area (Å²) in [4.78, 5) is 42.8. The number of methoxy groups -OCH3 is 6. The lowest BCUT2D eigenvalue weighted by molar-refractivity contribution is -0.298. The molecule has 14 atom stereocenters. The lowest BCUT2D eigenvalue weighted by atomic mass is 9.42. The minimum absolute atomic E-state index is 0.109. The van der Waals surface area contributed by atoms with Crippen molar-refractivity contribution in [3.63, 3.8) is 0 Å². The zero-order valence-corrected chi connectivity index (χ0v) is 31.2. The van der Waals surface area contributed by atoms with Crippen molar-refractivity contribution >= 4 is 17.9 Å². The first-order valence-corrected chi connectivity index (χ1v) is 18.1. The monoisotopic (exact) mass is 715 g/mol. The first kappa shape index (κ1) is 36.4. The van der Waals surface area contributed by atoms with Crippen LogP contribution < -0.4 is 9.47 Å². The fourth-order valence-electron chi connectivity index (χ4n) is 13.0. The molecule has 0 radical (unpaired) electrons. The van der Waals surface area contributed by atoms with Gasteiger partial charge in [-0.3, -0.25) is 14.5 Å². The average molecular weight is 716 g/mol. The van der Waals surface area contributed by atoms with E-state index >= 15 is 0 Å². The van der Waals surface area contributed by atoms with Gasteiger partial charge in [0.25, 0.3) is 0 Å². The average Bonchev–Trinajstić information content (AvgIpc) is 3.53. The molecule has 1 aliphatic heterocycles. The number of benzene rings is 1. The summed E-state index contributed by atoms with van der Waals surface area (Å²) in [7, 11) is 9.87. The molecule has 0 N–H and O–H groups in total.